The topological polar surface area (TPSA) is 70.2 Å². The summed E-state index contributed by atoms with van der Waals surface area (Å²) in [5, 5.41) is 0. The zero-order chi connectivity index (χ0) is 18.9. The number of sulfonamides is 1. The van der Waals surface area contributed by atoms with Crippen LogP contribution in [0.1, 0.15) is 20.8 Å². The number of hydrogen-bond donors (Lipinski definition) is 0. The Labute approximate surface area is 155 Å². The van der Waals surface area contributed by atoms with Crippen LogP contribution in [0.15, 0.2) is 35.2 Å². The van der Waals surface area contributed by atoms with Crippen molar-refractivity contribution in [1.82, 2.24) is 14.1 Å². The lowest BCUT2D eigenvalue weighted by Crippen LogP contribution is -2.55. The molecule has 0 spiro atoms. The van der Waals surface area contributed by atoms with Crippen molar-refractivity contribution in [3.8, 4) is 0 Å². The lowest BCUT2D eigenvalue weighted by molar-refractivity contribution is 0.0334. The van der Waals surface area contributed by atoms with E-state index >= 15 is 0 Å². The first kappa shape index (κ1) is 19.1. The number of morpholine rings is 1. The van der Waals surface area contributed by atoms with Gasteiger partial charge in [-0.2, -0.15) is 4.31 Å². The summed E-state index contributed by atoms with van der Waals surface area (Å²) in [6, 6.07) is 8.13. The van der Waals surface area contributed by atoms with Crippen molar-refractivity contribution in [2.75, 3.05) is 32.8 Å². The predicted octanol–water partition coefficient (Wildman–Crippen LogP) is 1.82. The van der Waals surface area contributed by atoms with E-state index in [1.54, 1.807) is 40.1 Å². The lowest BCUT2D eigenvalue weighted by atomic mass is 10.1. The normalized spacial score (nSPS) is 25.1. The third kappa shape index (κ3) is 3.45. The van der Waals surface area contributed by atoms with Crippen LogP contribution in [0.25, 0.3) is 0 Å². The molecule has 2 amide bonds. The van der Waals surface area contributed by atoms with Crippen molar-refractivity contribution in [2.24, 2.45) is 5.92 Å². The SMILES string of the molecule is CC(C)[C@@H]1N(C(=O)N2CCOCC2)[C@@H](C)CN1S(=O)(=O)c1ccccc1. The number of ether oxygens (including phenoxy) is 1. The summed E-state index contributed by atoms with van der Waals surface area (Å²) < 4.78 is 33.2. The first-order valence-corrected chi connectivity index (χ1v) is 10.5. The summed E-state index contributed by atoms with van der Waals surface area (Å²) in [7, 11) is -3.67. The number of urea groups is 1. The molecule has 0 bridgehead atoms. The van der Waals surface area contributed by atoms with Gasteiger partial charge in [0, 0.05) is 25.7 Å². The molecule has 2 heterocycles. The number of amides is 2. The minimum atomic E-state index is -3.67. The van der Waals surface area contributed by atoms with Crippen molar-refractivity contribution in [2.45, 2.75) is 37.9 Å². The van der Waals surface area contributed by atoms with E-state index in [1.165, 1.54) is 4.31 Å². The number of benzene rings is 1. The second-order valence-electron chi connectivity index (χ2n) is 7.18. The van der Waals surface area contributed by atoms with Gasteiger partial charge in [-0.15, -0.1) is 0 Å². The molecule has 1 aromatic carbocycles. The molecule has 2 aliphatic heterocycles. The maximum atomic E-state index is 13.2. The number of hydrogen-bond acceptors (Lipinski definition) is 4. The second kappa shape index (κ2) is 7.54. The van der Waals surface area contributed by atoms with E-state index in [-0.39, 0.29) is 22.9 Å². The van der Waals surface area contributed by atoms with Crippen LogP contribution in [0.5, 0.6) is 0 Å². The van der Waals surface area contributed by atoms with Gasteiger partial charge in [0.05, 0.1) is 18.1 Å². The fraction of sp³-hybridized carbons (Fsp3) is 0.611. The third-order valence-corrected chi connectivity index (χ3v) is 6.80. The monoisotopic (exact) mass is 381 g/mol. The fourth-order valence-electron chi connectivity index (χ4n) is 3.70. The summed E-state index contributed by atoms with van der Waals surface area (Å²) in [5.41, 5.74) is 0. The fourth-order valence-corrected chi connectivity index (χ4v) is 5.51. The Morgan fingerprint density at radius 2 is 1.77 bits per heavy atom. The molecule has 2 saturated heterocycles. The standard InChI is InChI=1S/C18H27N3O4S/c1-14(2)17-20(26(23,24)16-7-5-4-6-8-16)13-15(3)21(17)18(22)19-9-11-25-12-10-19/h4-8,14-15,17H,9-13H2,1-3H3/t15-,17-/m0/s1. The van der Waals surface area contributed by atoms with Gasteiger partial charge in [0.25, 0.3) is 0 Å². The van der Waals surface area contributed by atoms with E-state index in [0.29, 0.717) is 32.8 Å². The molecule has 0 radical (unpaired) electrons. The van der Waals surface area contributed by atoms with Crippen LogP contribution in [0.2, 0.25) is 0 Å². The molecule has 0 N–H and O–H groups in total. The summed E-state index contributed by atoms with van der Waals surface area (Å²) in [5.74, 6) is -0.0246. The van der Waals surface area contributed by atoms with E-state index in [2.05, 4.69) is 0 Å². The van der Waals surface area contributed by atoms with E-state index in [0.717, 1.165) is 0 Å². The maximum absolute atomic E-state index is 13.2. The maximum Gasteiger partial charge on any atom is 0.321 e. The third-order valence-electron chi connectivity index (χ3n) is 4.95. The molecular formula is C18H27N3O4S. The molecule has 0 unspecified atom stereocenters. The molecule has 26 heavy (non-hydrogen) atoms. The minimum absolute atomic E-state index is 0.0246. The van der Waals surface area contributed by atoms with E-state index in [4.69, 9.17) is 4.74 Å². The molecule has 144 valence electrons. The summed E-state index contributed by atoms with van der Waals surface area (Å²) in [6.45, 7) is 8.24. The van der Waals surface area contributed by atoms with Gasteiger partial charge in [-0.1, -0.05) is 32.0 Å². The summed E-state index contributed by atoms with van der Waals surface area (Å²) in [6.07, 6.45) is -0.495. The smallest absolute Gasteiger partial charge is 0.321 e. The molecule has 2 atom stereocenters. The summed E-state index contributed by atoms with van der Waals surface area (Å²) >= 11 is 0. The zero-order valence-electron chi connectivity index (χ0n) is 15.5. The zero-order valence-corrected chi connectivity index (χ0v) is 16.4. The molecule has 1 aromatic rings. The number of nitrogens with zero attached hydrogens (tertiary/aromatic N) is 3. The van der Waals surface area contributed by atoms with Gasteiger partial charge in [-0.05, 0) is 25.0 Å². The Bertz CT molecular complexity index is 732. The molecular weight excluding hydrogens is 354 g/mol. The highest BCUT2D eigenvalue weighted by molar-refractivity contribution is 7.89. The first-order valence-electron chi connectivity index (χ1n) is 9.06. The van der Waals surface area contributed by atoms with Gasteiger partial charge in [0.15, 0.2) is 0 Å². The highest BCUT2D eigenvalue weighted by Crippen LogP contribution is 2.32. The van der Waals surface area contributed by atoms with Gasteiger partial charge in [-0.25, -0.2) is 13.2 Å². The van der Waals surface area contributed by atoms with Crippen LogP contribution in [-0.4, -0.2) is 73.6 Å². The molecule has 7 nitrogen and oxygen atoms in total. The molecule has 0 aliphatic carbocycles. The van der Waals surface area contributed by atoms with Crippen LogP contribution >= 0.6 is 0 Å². The van der Waals surface area contributed by atoms with Gasteiger partial charge in [-0.3, -0.25) is 0 Å². The quantitative estimate of drug-likeness (QED) is 0.801. The molecule has 2 aliphatic rings. The van der Waals surface area contributed by atoms with E-state index in [9.17, 15) is 13.2 Å². The lowest BCUT2D eigenvalue weighted by Gasteiger charge is -2.38. The van der Waals surface area contributed by atoms with E-state index in [1.807, 2.05) is 20.8 Å². The second-order valence-corrected chi connectivity index (χ2v) is 9.07. The van der Waals surface area contributed by atoms with Crippen molar-refractivity contribution in [1.29, 1.82) is 0 Å². The molecule has 0 aromatic heterocycles. The Hall–Kier alpha value is -1.64. The van der Waals surface area contributed by atoms with Crippen molar-refractivity contribution < 1.29 is 17.9 Å². The van der Waals surface area contributed by atoms with Gasteiger partial charge < -0.3 is 14.5 Å². The van der Waals surface area contributed by atoms with E-state index < -0.39 is 16.2 Å². The van der Waals surface area contributed by atoms with Crippen molar-refractivity contribution in [3.63, 3.8) is 0 Å². The number of rotatable bonds is 3. The molecule has 3 rings (SSSR count). The highest BCUT2D eigenvalue weighted by atomic mass is 32.2. The van der Waals surface area contributed by atoms with Crippen molar-refractivity contribution in [3.05, 3.63) is 30.3 Å². The van der Waals surface area contributed by atoms with Gasteiger partial charge in [0.2, 0.25) is 10.0 Å². The highest BCUT2D eigenvalue weighted by Gasteiger charge is 2.48. The van der Waals surface area contributed by atoms with Crippen LogP contribution in [-0.2, 0) is 14.8 Å². The average Bonchev–Trinajstić information content (AvgIpc) is 3.01. The van der Waals surface area contributed by atoms with Gasteiger partial charge >= 0.3 is 6.03 Å². The van der Waals surface area contributed by atoms with Crippen molar-refractivity contribution >= 4 is 16.1 Å². The number of carbonyl (C=O) groups is 1. The molecule has 8 heteroatoms. The molecule has 0 saturated carbocycles. The minimum Gasteiger partial charge on any atom is -0.378 e. The first-order chi connectivity index (χ1) is 12.3. The van der Waals surface area contributed by atoms with Crippen LogP contribution in [0.3, 0.4) is 0 Å². The van der Waals surface area contributed by atoms with Crippen LogP contribution < -0.4 is 0 Å². The van der Waals surface area contributed by atoms with Crippen LogP contribution in [0, 0.1) is 5.92 Å². The Morgan fingerprint density at radius 1 is 1.15 bits per heavy atom. The Kier molecular flexibility index (Phi) is 5.55. The number of carbonyl (C=O) groups excluding carboxylic acids is 1. The summed E-state index contributed by atoms with van der Waals surface area (Å²) in [4.78, 5) is 16.9. The average molecular weight is 381 g/mol. The predicted molar refractivity (Wildman–Crippen MR) is 98.0 cm³/mol. The Morgan fingerprint density at radius 3 is 2.35 bits per heavy atom. The largest absolute Gasteiger partial charge is 0.378 e. The molecule has 2 fully saturated rings. The van der Waals surface area contributed by atoms with Crippen LogP contribution in [0.4, 0.5) is 4.79 Å². The Balaban J connectivity index is 1.92. The van der Waals surface area contributed by atoms with Gasteiger partial charge in [0.1, 0.15) is 6.17 Å².